The molecule has 1 aliphatic rings. The van der Waals surface area contributed by atoms with E-state index in [1.807, 2.05) is 12.3 Å². The van der Waals surface area contributed by atoms with Crippen molar-refractivity contribution in [1.82, 2.24) is 15.3 Å². The van der Waals surface area contributed by atoms with Crippen LogP contribution in [0.15, 0.2) is 17.4 Å². The maximum absolute atomic E-state index is 5.65. The van der Waals surface area contributed by atoms with Crippen molar-refractivity contribution < 1.29 is 4.74 Å². The Balaban J connectivity index is 1.73. The summed E-state index contributed by atoms with van der Waals surface area (Å²) in [5, 5.41) is 4.27. The number of aromatic nitrogens is 2. The highest BCUT2D eigenvalue weighted by Gasteiger charge is 2.12. The van der Waals surface area contributed by atoms with Gasteiger partial charge in [0.1, 0.15) is 0 Å². The molecule has 0 amide bonds. The van der Waals surface area contributed by atoms with Crippen LogP contribution in [-0.4, -0.2) is 35.4 Å². The summed E-state index contributed by atoms with van der Waals surface area (Å²) >= 11 is 1.53. The van der Waals surface area contributed by atoms with Crippen LogP contribution in [0.4, 0.5) is 0 Å². The number of hydrogen-bond acceptors (Lipinski definition) is 5. The average molecular weight is 253 g/mol. The Hall–Kier alpha value is -0.810. The molecule has 0 unspecified atom stereocenters. The lowest BCUT2D eigenvalue weighted by Crippen LogP contribution is -2.35. The first-order valence-corrected chi connectivity index (χ1v) is 7.34. The lowest BCUT2D eigenvalue weighted by molar-refractivity contribution is 0.258. The zero-order chi connectivity index (χ0) is 11.9. The lowest BCUT2D eigenvalue weighted by atomic mass is 10.0. The van der Waals surface area contributed by atoms with Crippen LogP contribution >= 0.6 is 11.8 Å². The number of thioether (sulfide) groups is 1. The number of ether oxygens (including phenoxy) is 1. The fourth-order valence-electron chi connectivity index (χ4n) is 1.98. The van der Waals surface area contributed by atoms with Gasteiger partial charge < -0.3 is 10.1 Å². The van der Waals surface area contributed by atoms with E-state index in [9.17, 15) is 0 Å². The molecule has 2 heterocycles. The lowest BCUT2D eigenvalue weighted by Gasteiger charge is -2.23. The Morgan fingerprint density at radius 1 is 1.53 bits per heavy atom. The van der Waals surface area contributed by atoms with Crippen molar-refractivity contribution >= 4 is 11.8 Å². The molecule has 94 valence electrons. The maximum atomic E-state index is 5.65. The minimum atomic E-state index is 0.616. The normalized spacial score (nSPS) is 20.2. The van der Waals surface area contributed by atoms with Gasteiger partial charge in [-0.2, -0.15) is 4.98 Å². The zero-order valence-electron chi connectivity index (χ0n) is 10.2. The molecule has 17 heavy (non-hydrogen) atoms. The third-order valence-corrected chi connectivity index (χ3v) is 3.48. The Morgan fingerprint density at radius 2 is 2.47 bits per heavy atom. The van der Waals surface area contributed by atoms with Crippen molar-refractivity contribution in [2.45, 2.75) is 36.9 Å². The molecule has 0 spiro atoms. The van der Waals surface area contributed by atoms with Gasteiger partial charge in [0.2, 0.25) is 5.88 Å². The molecule has 0 radical (unpaired) electrons. The summed E-state index contributed by atoms with van der Waals surface area (Å²) in [5.41, 5.74) is 0. The van der Waals surface area contributed by atoms with Crippen molar-refractivity contribution in [2.24, 2.45) is 0 Å². The summed E-state index contributed by atoms with van der Waals surface area (Å²) in [6.45, 7) is 1.87. The summed E-state index contributed by atoms with van der Waals surface area (Å²) in [7, 11) is 0. The van der Waals surface area contributed by atoms with Gasteiger partial charge in [0, 0.05) is 18.3 Å². The Labute approximate surface area is 107 Å². The van der Waals surface area contributed by atoms with Crippen LogP contribution in [-0.2, 0) is 0 Å². The quantitative estimate of drug-likeness (QED) is 0.643. The first-order chi connectivity index (χ1) is 8.38. The highest BCUT2D eigenvalue weighted by atomic mass is 32.2. The summed E-state index contributed by atoms with van der Waals surface area (Å²) in [6.07, 6.45) is 8.67. The molecule has 0 saturated carbocycles. The van der Waals surface area contributed by atoms with E-state index >= 15 is 0 Å². The Kier molecular flexibility index (Phi) is 5.07. The molecule has 0 bridgehead atoms. The van der Waals surface area contributed by atoms with Gasteiger partial charge in [-0.05, 0) is 32.1 Å². The van der Waals surface area contributed by atoms with Crippen LogP contribution in [0.3, 0.4) is 0 Å². The minimum absolute atomic E-state index is 0.616. The number of nitrogens with zero attached hydrogens (tertiary/aromatic N) is 2. The van der Waals surface area contributed by atoms with Crippen molar-refractivity contribution in [2.75, 3.05) is 19.4 Å². The molecule has 1 saturated heterocycles. The second-order valence-corrected chi connectivity index (χ2v) is 4.94. The first-order valence-electron chi connectivity index (χ1n) is 6.11. The second-order valence-electron chi connectivity index (χ2n) is 4.17. The van der Waals surface area contributed by atoms with E-state index < -0.39 is 0 Å². The second kappa shape index (κ2) is 6.81. The number of piperidine rings is 1. The van der Waals surface area contributed by atoms with Gasteiger partial charge in [-0.15, -0.1) is 0 Å². The summed E-state index contributed by atoms with van der Waals surface area (Å²) in [4.78, 5) is 8.40. The van der Waals surface area contributed by atoms with Gasteiger partial charge in [-0.1, -0.05) is 18.2 Å². The molecule has 2 rings (SSSR count). The fraction of sp³-hybridized carbons (Fsp3) is 0.667. The third kappa shape index (κ3) is 4.16. The smallest absolute Gasteiger partial charge is 0.217 e. The van der Waals surface area contributed by atoms with Gasteiger partial charge in [0.25, 0.3) is 0 Å². The molecule has 4 nitrogen and oxygen atoms in total. The van der Waals surface area contributed by atoms with Crippen molar-refractivity contribution in [3.05, 3.63) is 12.3 Å². The standard InChI is InChI=1S/C12H19N3OS/c1-17-12-14-8-5-11(15-12)16-9-6-10-4-2-3-7-13-10/h5,8,10,13H,2-4,6-7,9H2,1H3/t10-/m0/s1. The van der Waals surface area contributed by atoms with Crippen LogP contribution < -0.4 is 10.1 Å². The van der Waals surface area contributed by atoms with Crippen LogP contribution in [0.2, 0.25) is 0 Å². The van der Waals surface area contributed by atoms with Crippen LogP contribution in [0.1, 0.15) is 25.7 Å². The monoisotopic (exact) mass is 253 g/mol. The van der Waals surface area contributed by atoms with E-state index in [0.717, 1.165) is 24.7 Å². The minimum Gasteiger partial charge on any atom is -0.478 e. The highest BCUT2D eigenvalue weighted by Crippen LogP contribution is 2.14. The molecule has 1 aromatic rings. The molecule has 1 fully saturated rings. The summed E-state index contributed by atoms with van der Waals surface area (Å²) < 4.78 is 5.65. The topological polar surface area (TPSA) is 47.0 Å². The van der Waals surface area contributed by atoms with Crippen LogP contribution in [0.5, 0.6) is 5.88 Å². The molecule has 5 heteroatoms. The first kappa shape index (κ1) is 12.6. The Morgan fingerprint density at radius 3 is 3.24 bits per heavy atom. The van der Waals surface area contributed by atoms with Gasteiger partial charge in [-0.25, -0.2) is 4.98 Å². The fourth-order valence-corrected chi connectivity index (χ4v) is 2.33. The Bertz CT molecular complexity index is 342. The molecular formula is C12H19N3OS. The number of hydrogen-bond donors (Lipinski definition) is 1. The largest absolute Gasteiger partial charge is 0.478 e. The van der Waals surface area contributed by atoms with E-state index in [1.165, 1.54) is 31.0 Å². The molecule has 1 aromatic heterocycles. The SMILES string of the molecule is CSc1nccc(OCC[C@@H]2CCCCN2)n1. The van der Waals surface area contributed by atoms with E-state index in [4.69, 9.17) is 4.74 Å². The van der Waals surface area contributed by atoms with Crippen molar-refractivity contribution in [3.8, 4) is 5.88 Å². The third-order valence-electron chi connectivity index (χ3n) is 2.92. The number of nitrogens with one attached hydrogen (secondary N) is 1. The molecular weight excluding hydrogens is 234 g/mol. The predicted molar refractivity (Wildman–Crippen MR) is 69.6 cm³/mol. The van der Waals surface area contributed by atoms with Gasteiger partial charge in [-0.3, -0.25) is 0 Å². The predicted octanol–water partition coefficient (Wildman–Crippen LogP) is 2.11. The van der Waals surface area contributed by atoms with Gasteiger partial charge in [0.15, 0.2) is 5.16 Å². The molecule has 0 aliphatic carbocycles. The van der Waals surface area contributed by atoms with E-state index in [0.29, 0.717) is 11.9 Å². The van der Waals surface area contributed by atoms with Crippen LogP contribution in [0.25, 0.3) is 0 Å². The summed E-state index contributed by atoms with van der Waals surface area (Å²) in [6, 6.07) is 2.43. The zero-order valence-corrected chi connectivity index (χ0v) is 11.0. The van der Waals surface area contributed by atoms with E-state index in [1.54, 1.807) is 6.20 Å². The van der Waals surface area contributed by atoms with Crippen LogP contribution in [0, 0.1) is 0 Å². The molecule has 0 aromatic carbocycles. The van der Waals surface area contributed by atoms with Crippen molar-refractivity contribution in [1.29, 1.82) is 0 Å². The van der Waals surface area contributed by atoms with Gasteiger partial charge >= 0.3 is 0 Å². The average Bonchev–Trinajstić information content (AvgIpc) is 2.40. The van der Waals surface area contributed by atoms with E-state index in [-0.39, 0.29) is 0 Å². The van der Waals surface area contributed by atoms with E-state index in [2.05, 4.69) is 15.3 Å². The van der Waals surface area contributed by atoms with Crippen molar-refractivity contribution in [3.63, 3.8) is 0 Å². The molecule has 1 N–H and O–H groups in total. The number of rotatable bonds is 5. The molecule has 1 atom stereocenters. The van der Waals surface area contributed by atoms with Gasteiger partial charge in [0.05, 0.1) is 6.61 Å². The highest BCUT2D eigenvalue weighted by molar-refractivity contribution is 7.98. The summed E-state index contributed by atoms with van der Waals surface area (Å²) in [5.74, 6) is 0.681. The molecule has 1 aliphatic heterocycles. The maximum Gasteiger partial charge on any atom is 0.217 e.